The van der Waals surface area contributed by atoms with Crippen molar-refractivity contribution in [1.29, 1.82) is 0 Å². The molecule has 1 heterocycles. The molecule has 0 saturated heterocycles. The second-order valence-electron chi connectivity index (χ2n) is 4.35. The number of nitrogens with two attached hydrogens (primary N) is 1. The number of aromatic nitrogens is 1. The molecule has 1 aliphatic carbocycles. The molecule has 5 heteroatoms. The van der Waals surface area contributed by atoms with Crippen molar-refractivity contribution >= 4 is 22.5 Å². The second-order valence-corrected chi connectivity index (χ2v) is 4.35. The van der Waals surface area contributed by atoms with Gasteiger partial charge in [0.2, 0.25) is 5.96 Å². The molecule has 18 heavy (non-hydrogen) atoms. The first kappa shape index (κ1) is 11.0. The van der Waals surface area contributed by atoms with E-state index in [-0.39, 0.29) is 0 Å². The van der Waals surface area contributed by atoms with Crippen LogP contribution in [0.2, 0.25) is 0 Å². The lowest BCUT2D eigenvalue weighted by Crippen LogP contribution is -2.36. The average molecular weight is 241 g/mol. The summed E-state index contributed by atoms with van der Waals surface area (Å²) < 4.78 is 0. The van der Waals surface area contributed by atoms with Crippen LogP contribution < -0.4 is 16.6 Å². The van der Waals surface area contributed by atoms with Gasteiger partial charge in [0.05, 0.1) is 17.2 Å². The number of hydrazine groups is 1. The van der Waals surface area contributed by atoms with Crippen LogP contribution in [0.15, 0.2) is 41.5 Å². The molecule has 0 atom stereocenters. The Hall–Kier alpha value is -2.14. The molecule has 0 amide bonds. The zero-order valence-electron chi connectivity index (χ0n) is 9.93. The van der Waals surface area contributed by atoms with Gasteiger partial charge in [0.1, 0.15) is 0 Å². The molecule has 1 aliphatic rings. The van der Waals surface area contributed by atoms with Crippen LogP contribution in [0.1, 0.15) is 12.8 Å². The van der Waals surface area contributed by atoms with Gasteiger partial charge in [-0.25, -0.2) is 10.8 Å². The number of rotatable bonds is 2. The first-order valence-corrected chi connectivity index (χ1v) is 6.02. The van der Waals surface area contributed by atoms with Crippen LogP contribution in [0.25, 0.3) is 10.9 Å². The van der Waals surface area contributed by atoms with Crippen LogP contribution in [0.5, 0.6) is 0 Å². The van der Waals surface area contributed by atoms with Crippen molar-refractivity contribution in [3.63, 3.8) is 0 Å². The zero-order chi connectivity index (χ0) is 12.4. The number of guanidine groups is 1. The summed E-state index contributed by atoms with van der Waals surface area (Å²) >= 11 is 0. The topological polar surface area (TPSA) is 75.3 Å². The molecular weight excluding hydrogens is 226 g/mol. The third-order valence-corrected chi connectivity index (χ3v) is 2.89. The molecule has 1 aromatic carbocycles. The maximum atomic E-state index is 5.48. The third kappa shape index (κ3) is 2.26. The maximum absolute atomic E-state index is 5.48. The summed E-state index contributed by atoms with van der Waals surface area (Å²) in [5.74, 6) is 6.09. The summed E-state index contributed by atoms with van der Waals surface area (Å²) in [7, 11) is 0. The number of nitrogens with zero attached hydrogens (tertiary/aromatic N) is 2. The Morgan fingerprint density at radius 3 is 2.94 bits per heavy atom. The fraction of sp³-hybridized carbons (Fsp3) is 0.231. The van der Waals surface area contributed by atoms with Crippen molar-refractivity contribution in [2.24, 2.45) is 10.8 Å². The number of aliphatic imine (C=N–C) groups is 1. The SMILES string of the molecule is NNC(=NC1CC1)Nc1cccc2ncccc12. The van der Waals surface area contributed by atoms with Gasteiger partial charge < -0.3 is 5.32 Å². The summed E-state index contributed by atoms with van der Waals surface area (Å²) in [5, 5.41) is 4.27. The van der Waals surface area contributed by atoms with E-state index in [2.05, 4.69) is 20.7 Å². The molecule has 4 N–H and O–H groups in total. The summed E-state index contributed by atoms with van der Waals surface area (Å²) in [6.45, 7) is 0. The van der Waals surface area contributed by atoms with Crippen LogP contribution in [-0.2, 0) is 0 Å². The van der Waals surface area contributed by atoms with E-state index < -0.39 is 0 Å². The standard InChI is InChI=1S/C13H15N5/c14-18-13(16-9-6-7-9)17-12-5-1-4-11-10(12)3-2-8-15-11/h1-5,8-9H,6-7,14H2,(H2,16,17,18). The molecule has 2 aromatic rings. The van der Waals surface area contributed by atoms with Crippen LogP contribution in [0, 0.1) is 0 Å². The van der Waals surface area contributed by atoms with E-state index in [9.17, 15) is 0 Å². The zero-order valence-corrected chi connectivity index (χ0v) is 9.93. The fourth-order valence-electron chi connectivity index (χ4n) is 1.83. The lowest BCUT2D eigenvalue weighted by molar-refractivity contribution is 0.966. The number of nitrogens with one attached hydrogen (secondary N) is 2. The summed E-state index contributed by atoms with van der Waals surface area (Å²) in [5.41, 5.74) is 4.51. The van der Waals surface area contributed by atoms with Gasteiger partial charge in [-0.3, -0.25) is 10.4 Å². The number of pyridine rings is 1. The van der Waals surface area contributed by atoms with Gasteiger partial charge in [0.25, 0.3) is 0 Å². The highest BCUT2D eigenvalue weighted by Crippen LogP contribution is 2.24. The van der Waals surface area contributed by atoms with Gasteiger partial charge in [0.15, 0.2) is 0 Å². The van der Waals surface area contributed by atoms with E-state index in [1.165, 1.54) is 0 Å². The maximum Gasteiger partial charge on any atom is 0.210 e. The Bertz CT molecular complexity index is 583. The Morgan fingerprint density at radius 2 is 2.17 bits per heavy atom. The fourth-order valence-corrected chi connectivity index (χ4v) is 1.83. The van der Waals surface area contributed by atoms with Gasteiger partial charge in [-0.15, -0.1) is 0 Å². The highest BCUT2D eigenvalue weighted by Gasteiger charge is 2.21. The molecule has 0 radical (unpaired) electrons. The Kier molecular flexibility index (Phi) is 2.82. The summed E-state index contributed by atoms with van der Waals surface area (Å²) in [6.07, 6.45) is 4.07. The predicted molar refractivity (Wildman–Crippen MR) is 73.1 cm³/mol. The van der Waals surface area contributed by atoms with E-state index in [0.717, 1.165) is 29.4 Å². The Balaban J connectivity index is 1.93. The van der Waals surface area contributed by atoms with E-state index in [0.29, 0.717) is 12.0 Å². The van der Waals surface area contributed by atoms with Crippen LogP contribution in [0.3, 0.4) is 0 Å². The van der Waals surface area contributed by atoms with Crippen molar-refractivity contribution in [3.05, 3.63) is 36.5 Å². The lowest BCUT2D eigenvalue weighted by atomic mass is 10.2. The van der Waals surface area contributed by atoms with Crippen molar-refractivity contribution in [2.75, 3.05) is 5.32 Å². The molecule has 1 saturated carbocycles. The Labute approximate surface area is 105 Å². The molecule has 0 spiro atoms. The van der Waals surface area contributed by atoms with Gasteiger partial charge in [0, 0.05) is 11.6 Å². The lowest BCUT2D eigenvalue weighted by Gasteiger charge is -2.11. The van der Waals surface area contributed by atoms with Gasteiger partial charge in [-0.1, -0.05) is 6.07 Å². The van der Waals surface area contributed by atoms with Gasteiger partial charge in [-0.2, -0.15) is 0 Å². The number of hydrogen-bond donors (Lipinski definition) is 3. The smallest absolute Gasteiger partial charge is 0.210 e. The Morgan fingerprint density at radius 1 is 1.28 bits per heavy atom. The minimum atomic E-state index is 0.414. The third-order valence-electron chi connectivity index (χ3n) is 2.89. The molecule has 5 nitrogen and oxygen atoms in total. The van der Waals surface area contributed by atoms with Crippen molar-refractivity contribution in [2.45, 2.75) is 18.9 Å². The van der Waals surface area contributed by atoms with Crippen LogP contribution in [-0.4, -0.2) is 17.0 Å². The highest BCUT2D eigenvalue weighted by molar-refractivity contribution is 6.02. The van der Waals surface area contributed by atoms with Gasteiger partial charge in [-0.05, 0) is 37.1 Å². The molecule has 1 fully saturated rings. The molecule has 0 unspecified atom stereocenters. The number of hydrogen-bond acceptors (Lipinski definition) is 3. The van der Waals surface area contributed by atoms with E-state index >= 15 is 0 Å². The monoisotopic (exact) mass is 241 g/mol. The number of anilines is 1. The first-order valence-electron chi connectivity index (χ1n) is 6.02. The number of benzene rings is 1. The van der Waals surface area contributed by atoms with E-state index in [4.69, 9.17) is 5.84 Å². The van der Waals surface area contributed by atoms with Crippen molar-refractivity contribution in [1.82, 2.24) is 10.4 Å². The van der Waals surface area contributed by atoms with E-state index in [1.807, 2.05) is 30.3 Å². The normalized spacial score (nSPS) is 15.7. The molecular formula is C13H15N5. The van der Waals surface area contributed by atoms with E-state index in [1.54, 1.807) is 6.20 Å². The molecule has 0 bridgehead atoms. The van der Waals surface area contributed by atoms with Crippen LogP contribution >= 0.6 is 0 Å². The molecule has 3 rings (SSSR count). The second kappa shape index (κ2) is 4.62. The molecule has 92 valence electrons. The van der Waals surface area contributed by atoms with Crippen molar-refractivity contribution in [3.8, 4) is 0 Å². The minimum Gasteiger partial charge on any atom is -0.325 e. The average Bonchev–Trinajstić information content (AvgIpc) is 3.22. The highest BCUT2D eigenvalue weighted by atomic mass is 15.3. The molecule has 0 aliphatic heterocycles. The van der Waals surface area contributed by atoms with Crippen LogP contribution in [0.4, 0.5) is 5.69 Å². The first-order chi connectivity index (χ1) is 8.86. The minimum absolute atomic E-state index is 0.414. The summed E-state index contributed by atoms with van der Waals surface area (Å²) in [6, 6.07) is 10.3. The quantitative estimate of drug-likeness (QED) is 0.323. The summed E-state index contributed by atoms with van der Waals surface area (Å²) in [4.78, 5) is 8.77. The predicted octanol–water partition coefficient (Wildman–Crippen LogP) is 1.63. The molecule has 1 aromatic heterocycles. The number of fused-ring (bicyclic) bond motifs is 1. The van der Waals surface area contributed by atoms with Crippen molar-refractivity contribution < 1.29 is 0 Å². The largest absolute Gasteiger partial charge is 0.325 e. The van der Waals surface area contributed by atoms with Gasteiger partial charge >= 0.3 is 0 Å².